The normalized spacial score (nSPS) is 12.3. The molecule has 0 aliphatic carbocycles. The SMILES string of the molecule is CC[C@@H](C(=O)Nc1cccc(SC)c1)N(c1ccc(OC)c(Cl)c1)S(C)(=O)=O. The van der Waals surface area contributed by atoms with Crippen molar-refractivity contribution in [2.75, 3.05) is 29.2 Å². The van der Waals surface area contributed by atoms with Gasteiger partial charge in [-0.05, 0) is 49.1 Å². The molecule has 0 radical (unpaired) electrons. The van der Waals surface area contributed by atoms with Crippen LogP contribution in [0.5, 0.6) is 5.75 Å². The number of thioether (sulfide) groups is 1. The molecule has 28 heavy (non-hydrogen) atoms. The first-order chi connectivity index (χ1) is 13.2. The molecule has 0 fully saturated rings. The van der Waals surface area contributed by atoms with Gasteiger partial charge < -0.3 is 10.1 Å². The molecule has 2 rings (SSSR count). The summed E-state index contributed by atoms with van der Waals surface area (Å²) in [5.41, 5.74) is 0.907. The Balaban J connectivity index is 2.40. The van der Waals surface area contributed by atoms with Gasteiger partial charge in [0.25, 0.3) is 0 Å². The number of nitrogens with one attached hydrogen (secondary N) is 1. The molecule has 0 aliphatic rings. The van der Waals surface area contributed by atoms with E-state index in [-0.39, 0.29) is 11.4 Å². The van der Waals surface area contributed by atoms with Crippen LogP contribution in [0.1, 0.15) is 13.3 Å². The molecule has 1 atom stereocenters. The van der Waals surface area contributed by atoms with Crippen LogP contribution in [-0.2, 0) is 14.8 Å². The number of rotatable bonds is 8. The van der Waals surface area contributed by atoms with Crippen LogP contribution in [0, 0.1) is 0 Å². The van der Waals surface area contributed by atoms with Crippen molar-refractivity contribution < 1.29 is 17.9 Å². The van der Waals surface area contributed by atoms with Gasteiger partial charge in [-0.15, -0.1) is 11.8 Å². The maximum absolute atomic E-state index is 12.9. The number of sulfonamides is 1. The molecule has 1 amide bonds. The van der Waals surface area contributed by atoms with E-state index in [1.165, 1.54) is 13.2 Å². The lowest BCUT2D eigenvalue weighted by atomic mass is 10.1. The lowest BCUT2D eigenvalue weighted by Gasteiger charge is -2.30. The second kappa shape index (κ2) is 9.54. The number of ether oxygens (including phenoxy) is 1. The second-order valence-electron chi connectivity index (χ2n) is 6.02. The number of methoxy groups -OCH3 is 1. The van der Waals surface area contributed by atoms with Crippen molar-refractivity contribution in [1.82, 2.24) is 0 Å². The van der Waals surface area contributed by atoms with Gasteiger partial charge in [0.05, 0.1) is 24.1 Å². The van der Waals surface area contributed by atoms with Crippen molar-refractivity contribution in [1.29, 1.82) is 0 Å². The maximum Gasteiger partial charge on any atom is 0.248 e. The summed E-state index contributed by atoms with van der Waals surface area (Å²) in [4.78, 5) is 13.9. The molecule has 0 heterocycles. The van der Waals surface area contributed by atoms with E-state index in [2.05, 4.69) is 5.32 Å². The fourth-order valence-corrected chi connectivity index (χ4v) is 4.69. The highest BCUT2D eigenvalue weighted by molar-refractivity contribution is 7.98. The maximum atomic E-state index is 12.9. The summed E-state index contributed by atoms with van der Waals surface area (Å²) >= 11 is 7.72. The van der Waals surface area contributed by atoms with E-state index in [0.29, 0.717) is 17.1 Å². The smallest absolute Gasteiger partial charge is 0.248 e. The van der Waals surface area contributed by atoms with Gasteiger partial charge in [-0.2, -0.15) is 0 Å². The first-order valence-corrected chi connectivity index (χ1v) is 11.9. The molecule has 2 aromatic carbocycles. The third-order valence-electron chi connectivity index (χ3n) is 4.06. The Bertz CT molecular complexity index is 951. The average molecular weight is 443 g/mol. The molecule has 0 bridgehead atoms. The number of anilines is 2. The number of halogens is 1. The van der Waals surface area contributed by atoms with Gasteiger partial charge >= 0.3 is 0 Å². The van der Waals surface area contributed by atoms with E-state index in [0.717, 1.165) is 15.5 Å². The van der Waals surface area contributed by atoms with E-state index in [1.807, 2.05) is 24.5 Å². The quantitative estimate of drug-likeness (QED) is 0.618. The van der Waals surface area contributed by atoms with E-state index in [4.69, 9.17) is 16.3 Å². The second-order valence-corrected chi connectivity index (χ2v) is 9.17. The highest BCUT2D eigenvalue weighted by atomic mass is 35.5. The minimum atomic E-state index is -3.75. The van der Waals surface area contributed by atoms with Crippen LogP contribution in [0.4, 0.5) is 11.4 Å². The number of carbonyl (C=O) groups is 1. The van der Waals surface area contributed by atoms with Gasteiger partial charge in [-0.3, -0.25) is 9.10 Å². The van der Waals surface area contributed by atoms with Crippen molar-refractivity contribution in [2.45, 2.75) is 24.3 Å². The van der Waals surface area contributed by atoms with Crippen molar-refractivity contribution >= 4 is 50.7 Å². The zero-order valence-electron chi connectivity index (χ0n) is 16.1. The number of hydrogen-bond acceptors (Lipinski definition) is 5. The predicted octanol–water partition coefficient (Wildman–Crippen LogP) is 4.25. The highest BCUT2D eigenvalue weighted by Crippen LogP contribution is 2.32. The van der Waals surface area contributed by atoms with Gasteiger partial charge in [0.2, 0.25) is 15.9 Å². The highest BCUT2D eigenvalue weighted by Gasteiger charge is 2.32. The molecule has 6 nitrogen and oxygen atoms in total. The molecule has 0 aliphatic heterocycles. The lowest BCUT2D eigenvalue weighted by Crippen LogP contribution is -2.47. The number of hydrogen-bond donors (Lipinski definition) is 1. The summed E-state index contributed by atoms with van der Waals surface area (Å²) in [6, 6.07) is 11.0. The third-order valence-corrected chi connectivity index (χ3v) is 6.26. The van der Waals surface area contributed by atoms with Crippen LogP contribution >= 0.6 is 23.4 Å². The molecule has 0 saturated heterocycles. The number of benzene rings is 2. The largest absolute Gasteiger partial charge is 0.495 e. The molecule has 0 spiro atoms. The zero-order valence-corrected chi connectivity index (χ0v) is 18.5. The number of amides is 1. The zero-order chi connectivity index (χ0) is 20.9. The standard InChI is InChI=1S/C19H23ClN2O4S2/c1-5-17(19(23)21-13-7-6-8-15(11-13)27-3)22(28(4,24)25)14-9-10-18(26-2)16(20)12-14/h6-12,17H,5H2,1-4H3,(H,21,23)/t17-/m0/s1. The van der Waals surface area contributed by atoms with Gasteiger partial charge in [0.1, 0.15) is 11.8 Å². The van der Waals surface area contributed by atoms with Crippen LogP contribution < -0.4 is 14.4 Å². The fraction of sp³-hybridized carbons (Fsp3) is 0.316. The van der Waals surface area contributed by atoms with E-state index in [1.54, 1.807) is 36.9 Å². The molecular formula is C19H23ClN2O4S2. The number of carbonyl (C=O) groups excluding carboxylic acids is 1. The van der Waals surface area contributed by atoms with Crippen LogP contribution in [0.25, 0.3) is 0 Å². The Morgan fingerprint density at radius 1 is 1.29 bits per heavy atom. The Kier molecular flexibility index (Phi) is 7.63. The molecular weight excluding hydrogens is 420 g/mol. The minimum absolute atomic E-state index is 0.261. The summed E-state index contributed by atoms with van der Waals surface area (Å²) in [5.74, 6) is 0.00312. The summed E-state index contributed by atoms with van der Waals surface area (Å²) in [7, 11) is -2.27. The van der Waals surface area contributed by atoms with Crippen molar-refractivity contribution in [3.05, 3.63) is 47.5 Å². The van der Waals surface area contributed by atoms with Gasteiger partial charge in [-0.25, -0.2) is 8.42 Å². The van der Waals surface area contributed by atoms with Crippen LogP contribution in [0.15, 0.2) is 47.4 Å². The molecule has 2 aromatic rings. The molecule has 1 N–H and O–H groups in total. The molecule has 0 saturated carbocycles. The van der Waals surface area contributed by atoms with Gasteiger partial charge in [0, 0.05) is 10.6 Å². The number of nitrogens with zero attached hydrogens (tertiary/aromatic N) is 1. The molecule has 152 valence electrons. The van der Waals surface area contributed by atoms with Crippen molar-refractivity contribution in [3.8, 4) is 5.75 Å². The predicted molar refractivity (Wildman–Crippen MR) is 116 cm³/mol. The first kappa shape index (κ1) is 22.4. The summed E-state index contributed by atoms with van der Waals surface area (Å²) in [5, 5.41) is 3.07. The Hall–Kier alpha value is -1.90. The van der Waals surface area contributed by atoms with Gasteiger partial charge in [-0.1, -0.05) is 24.6 Å². The topological polar surface area (TPSA) is 75.7 Å². The van der Waals surface area contributed by atoms with Crippen molar-refractivity contribution in [2.24, 2.45) is 0 Å². The summed E-state index contributed by atoms with van der Waals surface area (Å²) in [6.07, 6.45) is 3.29. The van der Waals surface area contributed by atoms with Crippen molar-refractivity contribution in [3.63, 3.8) is 0 Å². The Morgan fingerprint density at radius 2 is 2.00 bits per heavy atom. The van der Waals surface area contributed by atoms with Crippen LogP contribution in [0.3, 0.4) is 0 Å². The Morgan fingerprint density at radius 3 is 2.54 bits per heavy atom. The Labute approximate surface area is 175 Å². The van der Waals surface area contributed by atoms with E-state index < -0.39 is 22.0 Å². The van der Waals surface area contributed by atoms with E-state index in [9.17, 15) is 13.2 Å². The summed E-state index contributed by atoms with van der Waals surface area (Å²) in [6.45, 7) is 1.76. The molecule has 0 aromatic heterocycles. The fourth-order valence-electron chi connectivity index (χ4n) is 2.78. The molecule has 9 heteroatoms. The van der Waals surface area contributed by atoms with Crippen LogP contribution in [0.2, 0.25) is 5.02 Å². The van der Waals surface area contributed by atoms with E-state index >= 15 is 0 Å². The lowest BCUT2D eigenvalue weighted by molar-refractivity contribution is -0.117. The minimum Gasteiger partial charge on any atom is -0.495 e. The first-order valence-electron chi connectivity index (χ1n) is 8.49. The third kappa shape index (κ3) is 5.33. The van der Waals surface area contributed by atoms with Gasteiger partial charge in [0.15, 0.2) is 0 Å². The monoisotopic (exact) mass is 442 g/mol. The van der Waals surface area contributed by atoms with Crippen LogP contribution in [-0.4, -0.2) is 40.0 Å². The molecule has 0 unspecified atom stereocenters. The summed E-state index contributed by atoms with van der Waals surface area (Å²) < 4.78 is 31.3. The average Bonchev–Trinajstić information content (AvgIpc) is 2.64.